The molecule has 0 bridgehead atoms. The SMILES string of the molecule is CCC(Cl)Oc1cccc2[nH]c(=O)[nH]c(=O)c12. The topological polar surface area (TPSA) is 75.0 Å². The van der Waals surface area contributed by atoms with Gasteiger partial charge in [0.1, 0.15) is 11.1 Å². The highest BCUT2D eigenvalue weighted by Gasteiger charge is 2.10. The Morgan fingerprint density at radius 3 is 2.82 bits per heavy atom. The zero-order valence-corrected chi connectivity index (χ0v) is 9.88. The van der Waals surface area contributed by atoms with Gasteiger partial charge in [-0.3, -0.25) is 9.78 Å². The molecular weight excluding hydrogens is 244 g/mol. The summed E-state index contributed by atoms with van der Waals surface area (Å²) in [7, 11) is 0. The predicted octanol–water partition coefficient (Wildman–Crippen LogP) is 1.57. The molecule has 2 N–H and O–H groups in total. The van der Waals surface area contributed by atoms with E-state index in [2.05, 4.69) is 9.97 Å². The fraction of sp³-hybridized carbons (Fsp3) is 0.273. The first-order chi connectivity index (χ1) is 8.11. The molecule has 90 valence electrons. The van der Waals surface area contributed by atoms with Crippen LogP contribution in [-0.4, -0.2) is 15.5 Å². The highest BCUT2D eigenvalue weighted by Crippen LogP contribution is 2.22. The van der Waals surface area contributed by atoms with E-state index in [1.54, 1.807) is 18.2 Å². The monoisotopic (exact) mass is 254 g/mol. The Morgan fingerprint density at radius 2 is 2.12 bits per heavy atom. The smallest absolute Gasteiger partial charge is 0.326 e. The average molecular weight is 255 g/mol. The van der Waals surface area contributed by atoms with Gasteiger partial charge in [-0.25, -0.2) is 4.79 Å². The maximum Gasteiger partial charge on any atom is 0.326 e. The van der Waals surface area contributed by atoms with E-state index in [4.69, 9.17) is 16.3 Å². The fourth-order valence-corrected chi connectivity index (χ4v) is 1.60. The zero-order chi connectivity index (χ0) is 12.4. The standard InChI is InChI=1S/C11H11ClN2O3/c1-2-8(12)17-7-5-3-4-6-9(7)10(15)14-11(16)13-6/h3-5,8H,2H2,1H3,(H2,13,14,15,16). The first-order valence-corrected chi connectivity index (χ1v) is 5.61. The number of fused-ring (bicyclic) bond motifs is 1. The van der Waals surface area contributed by atoms with Crippen molar-refractivity contribution in [2.75, 3.05) is 0 Å². The molecule has 5 nitrogen and oxygen atoms in total. The number of aromatic amines is 2. The fourth-order valence-electron chi connectivity index (χ4n) is 1.51. The van der Waals surface area contributed by atoms with Crippen molar-refractivity contribution in [3.63, 3.8) is 0 Å². The van der Waals surface area contributed by atoms with Gasteiger partial charge < -0.3 is 9.72 Å². The van der Waals surface area contributed by atoms with Gasteiger partial charge in [-0.1, -0.05) is 24.6 Å². The number of hydrogen-bond acceptors (Lipinski definition) is 3. The van der Waals surface area contributed by atoms with Crippen LogP contribution in [0.15, 0.2) is 27.8 Å². The van der Waals surface area contributed by atoms with Gasteiger partial charge in [0, 0.05) is 0 Å². The Kier molecular flexibility index (Phi) is 3.19. The van der Waals surface area contributed by atoms with Crippen LogP contribution in [0.25, 0.3) is 10.9 Å². The average Bonchev–Trinajstić information content (AvgIpc) is 2.28. The molecule has 0 fully saturated rings. The zero-order valence-electron chi connectivity index (χ0n) is 9.12. The maximum absolute atomic E-state index is 11.7. The number of H-pyrrole nitrogens is 2. The van der Waals surface area contributed by atoms with Crippen molar-refractivity contribution in [3.8, 4) is 5.75 Å². The van der Waals surface area contributed by atoms with Gasteiger partial charge in [-0.2, -0.15) is 0 Å². The van der Waals surface area contributed by atoms with Gasteiger partial charge in [0.2, 0.25) is 0 Å². The lowest BCUT2D eigenvalue weighted by Crippen LogP contribution is -2.22. The highest BCUT2D eigenvalue weighted by atomic mass is 35.5. The third-order valence-electron chi connectivity index (χ3n) is 2.30. The van der Waals surface area contributed by atoms with Crippen LogP contribution in [0, 0.1) is 0 Å². The van der Waals surface area contributed by atoms with Crippen LogP contribution in [0.4, 0.5) is 0 Å². The van der Waals surface area contributed by atoms with Crippen molar-refractivity contribution in [2.24, 2.45) is 0 Å². The van der Waals surface area contributed by atoms with Crippen molar-refractivity contribution >= 4 is 22.5 Å². The van der Waals surface area contributed by atoms with E-state index in [0.717, 1.165) is 0 Å². The molecule has 1 aromatic heterocycles. The molecule has 0 aliphatic carbocycles. The van der Waals surface area contributed by atoms with E-state index >= 15 is 0 Å². The molecule has 2 rings (SSSR count). The first kappa shape index (κ1) is 11.7. The second kappa shape index (κ2) is 4.63. The Morgan fingerprint density at radius 1 is 1.35 bits per heavy atom. The molecule has 0 saturated heterocycles. The van der Waals surface area contributed by atoms with Crippen molar-refractivity contribution in [1.29, 1.82) is 0 Å². The molecule has 0 amide bonds. The maximum atomic E-state index is 11.7. The molecule has 0 radical (unpaired) electrons. The second-order valence-electron chi connectivity index (χ2n) is 3.52. The number of aromatic nitrogens is 2. The Labute approximate surface area is 101 Å². The van der Waals surface area contributed by atoms with Crippen LogP contribution in [0.3, 0.4) is 0 Å². The minimum absolute atomic E-state index is 0.297. The molecule has 1 unspecified atom stereocenters. The quantitative estimate of drug-likeness (QED) is 0.817. The molecule has 0 aliphatic rings. The Bertz CT molecular complexity index is 647. The molecule has 0 aliphatic heterocycles. The highest BCUT2D eigenvalue weighted by molar-refractivity contribution is 6.19. The van der Waals surface area contributed by atoms with Gasteiger partial charge in [0.15, 0.2) is 5.56 Å². The summed E-state index contributed by atoms with van der Waals surface area (Å²) >= 11 is 5.88. The van der Waals surface area contributed by atoms with Crippen LogP contribution in [-0.2, 0) is 0 Å². The Balaban J connectivity index is 2.65. The number of rotatable bonds is 3. The number of ether oxygens (including phenoxy) is 1. The molecular formula is C11H11ClN2O3. The van der Waals surface area contributed by atoms with E-state index in [0.29, 0.717) is 23.1 Å². The normalized spacial score (nSPS) is 12.6. The number of halogens is 1. The van der Waals surface area contributed by atoms with Gasteiger partial charge >= 0.3 is 5.69 Å². The van der Waals surface area contributed by atoms with Gasteiger partial charge in [0.05, 0.1) is 5.52 Å². The lowest BCUT2D eigenvalue weighted by atomic mass is 10.2. The van der Waals surface area contributed by atoms with Gasteiger partial charge in [0.25, 0.3) is 5.56 Å². The van der Waals surface area contributed by atoms with Gasteiger partial charge in [-0.05, 0) is 18.6 Å². The largest absolute Gasteiger partial charge is 0.474 e. The van der Waals surface area contributed by atoms with E-state index in [9.17, 15) is 9.59 Å². The lowest BCUT2D eigenvalue weighted by molar-refractivity contribution is 0.280. The third-order valence-corrected chi connectivity index (χ3v) is 2.70. The minimum atomic E-state index is -0.544. The summed E-state index contributed by atoms with van der Waals surface area (Å²) < 4.78 is 5.42. The van der Waals surface area contributed by atoms with Crippen LogP contribution in [0.1, 0.15) is 13.3 Å². The summed E-state index contributed by atoms with van der Waals surface area (Å²) in [5, 5.41) is 0.297. The van der Waals surface area contributed by atoms with E-state index in [1.165, 1.54) is 0 Å². The molecule has 1 atom stereocenters. The van der Waals surface area contributed by atoms with Crippen molar-refractivity contribution in [2.45, 2.75) is 18.9 Å². The van der Waals surface area contributed by atoms with Crippen LogP contribution in [0.5, 0.6) is 5.75 Å². The molecule has 1 aromatic carbocycles. The van der Waals surface area contributed by atoms with E-state index < -0.39 is 16.8 Å². The van der Waals surface area contributed by atoms with Crippen molar-refractivity contribution in [1.82, 2.24) is 9.97 Å². The molecule has 0 saturated carbocycles. The second-order valence-corrected chi connectivity index (χ2v) is 4.01. The summed E-state index contributed by atoms with van der Waals surface area (Å²) in [6, 6.07) is 4.96. The van der Waals surface area contributed by atoms with Crippen molar-refractivity contribution < 1.29 is 4.74 Å². The summed E-state index contributed by atoms with van der Waals surface area (Å²) in [6.45, 7) is 1.87. The number of benzene rings is 1. The minimum Gasteiger partial charge on any atom is -0.474 e. The van der Waals surface area contributed by atoms with E-state index in [-0.39, 0.29) is 0 Å². The van der Waals surface area contributed by atoms with Crippen LogP contribution in [0.2, 0.25) is 0 Å². The number of hydrogen-bond donors (Lipinski definition) is 2. The van der Waals surface area contributed by atoms with Crippen LogP contribution >= 0.6 is 11.6 Å². The third kappa shape index (κ3) is 2.34. The molecule has 0 spiro atoms. The lowest BCUT2D eigenvalue weighted by Gasteiger charge is -2.11. The van der Waals surface area contributed by atoms with Crippen LogP contribution < -0.4 is 16.0 Å². The number of nitrogens with one attached hydrogen (secondary N) is 2. The summed E-state index contributed by atoms with van der Waals surface area (Å²) in [5.41, 5.74) is -1.11. The summed E-state index contributed by atoms with van der Waals surface area (Å²) in [5.74, 6) is 0.363. The molecule has 1 heterocycles. The predicted molar refractivity (Wildman–Crippen MR) is 65.7 cm³/mol. The summed E-state index contributed by atoms with van der Waals surface area (Å²) in [4.78, 5) is 27.5. The summed E-state index contributed by atoms with van der Waals surface area (Å²) in [6.07, 6.45) is 0.610. The molecule has 6 heteroatoms. The first-order valence-electron chi connectivity index (χ1n) is 5.18. The molecule has 17 heavy (non-hydrogen) atoms. The Hall–Kier alpha value is -1.75. The molecule has 2 aromatic rings. The van der Waals surface area contributed by atoms with Crippen molar-refractivity contribution in [3.05, 3.63) is 39.0 Å². The number of alkyl halides is 1. The van der Waals surface area contributed by atoms with E-state index in [1.807, 2.05) is 6.92 Å². The van der Waals surface area contributed by atoms with Gasteiger partial charge in [-0.15, -0.1) is 0 Å².